The van der Waals surface area contributed by atoms with Crippen LogP contribution in [0.15, 0.2) is 27.1 Å². The molecule has 0 unspecified atom stereocenters. The Morgan fingerprint density at radius 3 is 2.80 bits per heavy atom. The first kappa shape index (κ1) is 14.6. The van der Waals surface area contributed by atoms with Gasteiger partial charge in [-0.3, -0.25) is 0 Å². The van der Waals surface area contributed by atoms with E-state index in [1.54, 1.807) is 25.3 Å². The molecule has 0 fully saturated rings. The average Bonchev–Trinajstić information content (AvgIpc) is 2.83. The fraction of sp³-hybridized carbons (Fsp3) is 0.286. The summed E-state index contributed by atoms with van der Waals surface area (Å²) in [7, 11) is 1.58. The summed E-state index contributed by atoms with van der Waals surface area (Å²) in [6, 6.07) is 5.33. The highest BCUT2D eigenvalue weighted by atomic mass is 79.9. The summed E-state index contributed by atoms with van der Waals surface area (Å²) in [4.78, 5) is 15.4. The Morgan fingerprint density at radius 1 is 1.50 bits per heavy atom. The average molecular weight is 340 g/mol. The second-order valence-electron chi connectivity index (χ2n) is 4.20. The fourth-order valence-electron chi connectivity index (χ4n) is 1.85. The van der Waals surface area contributed by atoms with Crippen molar-refractivity contribution in [2.75, 3.05) is 7.11 Å². The van der Waals surface area contributed by atoms with Gasteiger partial charge in [0.2, 0.25) is 11.7 Å². The Hall–Kier alpha value is -1.82. The lowest BCUT2D eigenvalue weighted by Crippen LogP contribution is -1.99. The largest absolute Gasteiger partial charge is 0.496 e. The van der Waals surface area contributed by atoms with Gasteiger partial charge in [0.15, 0.2) is 0 Å². The van der Waals surface area contributed by atoms with Gasteiger partial charge in [-0.15, -0.1) is 0 Å². The number of nitrogens with zero attached hydrogens (tertiary/aromatic N) is 1. The number of benzene rings is 1. The maximum atomic E-state index is 11.1. The quantitative estimate of drug-likeness (QED) is 0.897. The fourth-order valence-corrected chi connectivity index (χ4v) is 2.39. The number of carboxylic acids is 1. The van der Waals surface area contributed by atoms with Gasteiger partial charge in [0, 0.05) is 5.56 Å². The van der Waals surface area contributed by atoms with Gasteiger partial charge < -0.3 is 14.3 Å². The van der Waals surface area contributed by atoms with Crippen molar-refractivity contribution in [3.63, 3.8) is 0 Å². The van der Waals surface area contributed by atoms with Crippen LogP contribution in [0.3, 0.4) is 0 Å². The van der Waals surface area contributed by atoms with Crippen LogP contribution in [0, 0.1) is 0 Å². The Balaban J connectivity index is 2.44. The Labute approximate surface area is 124 Å². The summed E-state index contributed by atoms with van der Waals surface area (Å²) in [5.74, 6) is -0.199. The van der Waals surface area contributed by atoms with E-state index < -0.39 is 5.97 Å². The summed E-state index contributed by atoms with van der Waals surface area (Å²) < 4.78 is 11.3. The van der Waals surface area contributed by atoms with Crippen LogP contribution in [0.5, 0.6) is 5.75 Å². The molecule has 0 saturated carbocycles. The number of aromatic nitrogens is 1. The molecule has 2 aromatic rings. The van der Waals surface area contributed by atoms with Gasteiger partial charge >= 0.3 is 5.97 Å². The molecule has 0 radical (unpaired) electrons. The van der Waals surface area contributed by atoms with E-state index in [4.69, 9.17) is 14.3 Å². The highest BCUT2D eigenvalue weighted by molar-refractivity contribution is 9.10. The minimum atomic E-state index is -1.10. The first-order valence-corrected chi connectivity index (χ1v) is 6.93. The van der Waals surface area contributed by atoms with Crippen LogP contribution < -0.4 is 4.74 Å². The third-order valence-corrected chi connectivity index (χ3v) is 3.40. The number of aryl methyl sites for hydroxylation is 1. The highest BCUT2D eigenvalue weighted by Crippen LogP contribution is 2.31. The van der Waals surface area contributed by atoms with Crippen molar-refractivity contribution < 1.29 is 19.1 Å². The van der Waals surface area contributed by atoms with Crippen molar-refractivity contribution in [1.29, 1.82) is 0 Å². The lowest BCUT2D eigenvalue weighted by Gasteiger charge is -2.03. The first-order chi connectivity index (χ1) is 9.56. The molecule has 0 amide bonds. The summed E-state index contributed by atoms with van der Waals surface area (Å²) in [5.41, 5.74) is 1.17. The standard InChI is InChI=1S/C14H14BrNO4/c1-3-4-10-12(14(17)18)20-13(16-10)8-5-6-11(19-2)9(15)7-8/h5-7H,3-4H2,1-2H3,(H,17,18). The molecule has 0 atom stereocenters. The minimum Gasteiger partial charge on any atom is -0.496 e. The minimum absolute atomic E-state index is 0.0891. The molecule has 106 valence electrons. The lowest BCUT2D eigenvalue weighted by atomic mass is 10.2. The molecule has 0 aliphatic carbocycles. The third-order valence-electron chi connectivity index (χ3n) is 2.78. The Morgan fingerprint density at radius 2 is 2.25 bits per heavy atom. The summed E-state index contributed by atoms with van der Waals surface area (Å²) in [6.45, 7) is 1.96. The number of hydrogen-bond donors (Lipinski definition) is 1. The van der Waals surface area contributed by atoms with Gasteiger partial charge in [-0.1, -0.05) is 13.3 Å². The van der Waals surface area contributed by atoms with Crippen LogP contribution in [0.25, 0.3) is 11.5 Å². The molecule has 0 aliphatic rings. The third kappa shape index (κ3) is 2.85. The Kier molecular flexibility index (Phi) is 4.44. The number of carbonyl (C=O) groups is 1. The van der Waals surface area contributed by atoms with Crippen molar-refractivity contribution in [1.82, 2.24) is 4.98 Å². The number of carboxylic acid groups (broad SMARTS) is 1. The number of methoxy groups -OCH3 is 1. The zero-order valence-electron chi connectivity index (χ0n) is 11.1. The summed E-state index contributed by atoms with van der Waals surface area (Å²) >= 11 is 3.38. The molecule has 1 N–H and O–H groups in total. The number of aromatic carboxylic acids is 1. The number of rotatable bonds is 5. The van der Waals surface area contributed by atoms with Crippen molar-refractivity contribution >= 4 is 21.9 Å². The Bertz CT molecular complexity index is 636. The molecule has 0 saturated heterocycles. The van der Waals surface area contributed by atoms with Crippen LogP contribution in [0.1, 0.15) is 29.6 Å². The molecule has 1 heterocycles. The lowest BCUT2D eigenvalue weighted by molar-refractivity contribution is 0.0661. The number of oxazole rings is 1. The van der Waals surface area contributed by atoms with Crippen LogP contribution in [-0.4, -0.2) is 23.2 Å². The molecule has 6 heteroatoms. The molecule has 20 heavy (non-hydrogen) atoms. The van der Waals surface area contributed by atoms with E-state index in [2.05, 4.69) is 20.9 Å². The molecule has 1 aromatic heterocycles. The van der Waals surface area contributed by atoms with Crippen molar-refractivity contribution in [3.8, 4) is 17.2 Å². The van der Waals surface area contributed by atoms with E-state index in [0.29, 0.717) is 29.3 Å². The normalized spacial score (nSPS) is 10.6. The van der Waals surface area contributed by atoms with E-state index in [9.17, 15) is 4.79 Å². The smallest absolute Gasteiger partial charge is 0.373 e. The number of halogens is 1. The monoisotopic (exact) mass is 339 g/mol. The second-order valence-corrected chi connectivity index (χ2v) is 5.05. The van der Waals surface area contributed by atoms with Crippen molar-refractivity contribution in [2.45, 2.75) is 19.8 Å². The van der Waals surface area contributed by atoms with Gasteiger partial charge in [0.1, 0.15) is 5.75 Å². The van der Waals surface area contributed by atoms with E-state index in [1.807, 2.05) is 6.92 Å². The van der Waals surface area contributed by atoms with E-state index in [0.717, 1.165) is 10.9 Å². The van der Waals surface area contributed by atoms with Crippen LogP contribution >= 0.6 is 15.9 Å². The van der Waals surface area contributed by atoms with Gasteiger partial charge in [-0.25, -0.2) is 9.78 Å². The van der Waals surface area contributed by atoms with Crippen molar-refractivity contribution in [3.05, 3.63) is 34.1 Å². The van der Waals surface area contributed by atoms with Crippen LogP contribution in [0.4, 0.5) is 0 Å². The van der Waals surface area contributed by atoms with Crippen LogP contribution in [0.2, 0.25) is 0 Å². The van der Waals surface area contributed by atoms with Gasteiger partial charge in [-0.2, -0.15) is 0 Å². The number of ether oxygens (including phenoxy) is 1. The second kappa shape index (κ2) is 6.09. The molecule has 5 nitrogen and oxygen atoms in total. The molecule has 0 spiro atoms. The van der Waals surface area contributed by atoms with Gasteiger partial charge in [-0.05, 0) is 40.5 Å². The molecule has 0 bridgehead atoms. The maximum Gasteiger partial charge on any atom is 0.373 e. The van der Waals surface area contributed by atoms with E-state index in [1.165, 1.54) is 0 Å². The maximum absolute atomic E-state index is 11.1. The predicted octanol–water partition coefficient (Wildman–Crippen LogP) is 3.76. The molecular formula is C14H14BrNO4. The zero-order chi connectivity index (χ0) is 14.7. The van der Waals surface area contributed by atoms with Crippen molar-refractivity contribution in [2.24, 2.45) is 0 Å². The summed E-state index contributed by atoms with van der Waals surface area (Å²) in [6.07, 6.45) is 1.38. The number of hydrogen-bond acceptors (Lipinski definition) is 4. The molecule has 0 aliphatic heterocycles. The SMILES string of the molecule is CCCc1nc(-c2ccc(OC)c(Br)c2)oc1C(=O)O. The van der Waals surface area contributed by atoms with Gasteiger partial charge in [0.25, 0.3) is 0 Å². The van der Waals surface area contributed by atoms with E-state index >= 15 is 0 Å². The zero-order valence-corrected chi connectivity index (χ0v) is 12.7. The molecule has 1 aromatic carbocycles. The topological polar surface area (TPSA) is 72.6 Å². The van der Waals surface area contributed by atoms with Gasteiger partial charge in [0.05, 0.1) is 17.3 Å². The molecule has 2 rings (SSSR count). The molecular weight excluding hydrogens is 326 g/mol. The van der Waals surface area contributed by atoms with Crippen LogP contribution in [-0.2, 0) is 6.42 Å². The predicted molar refractivity (Wildman–Crippen MR) is 77.1 cm³/mol. The summed E-state index contributed by atoms with van der Waals surface area (Å²) in [5, 5.41) is 9.13. The van der Waals surface area contributed by atoms with E-state index in [-0.39, 0.29) is 5.76 Å². The first-order valence-electron chi connectivity index (χ1n) is 6.13. The highest BCUT2D eigenvalue weighted by Gasteiger charge is 2.20.